The summed E-state index contributed by atoms with van der Waals surface area (Å²) in [4.78, 5) is 35.4. The molecule has 0 unspecified atom stereocenters. The molecular weight excluding hydrogens is 336 g/mol. The van der Waals surface area contributed by atoms with Crippen LogP contribution in [0.1, 0.15) is 37.0 Å². The zero-order valence-corrected chi connectivity index (χ0v) is 14.9. The monoisotopic (exact) mass is 358 g/mol. The molecule has 1 aromatic heterocycles. The number of furan rings is 1. The van der Waals surface area contributed by atoms with Crippen LogP contribution in [0.2, 0.25) is 0 Å². The number of nitrogens with one attached hydrogen (secondary N) is 2. The smallest absolute Gasteiger partial charge is 0.321 e. The fourth-order valence-electron chi connectivity index (χ4n) is 3.15. The van der Waals surface area contributed by atoms with Gasteiger partial charge in [-0.05, 0) is 56.4 Å². The van der Waals surface area contributed by atoms with Crippen LogP contribution in [0.15, 0.2) is 22.8 Å². The summed E-state index contributed by atoms with van der Waals surface area (Å²) in [5.41, 5.74) is 4.09. The average Bonchev–Trinajstić information content (AvgIpc) is 3.19. The van der Waals surface area contributed by atoms with Crippen molar-refractivity contribution in [1.82, 2.24) is 10.6 Å². The number of carbonyl (C=O) groups is 3. The van der Waals surface area contributed by atoms with Crippen LogP contribution < -0.4 is 10.6 Å². The molecule has 138 valence electrons. The molecule has 1 aliphatic carbocycles. The molecule has 7 heteroatoms. The molecule has 0 bridgehead atoms. The van der Waals surface area contributed by atoms with E-state index >= 15 is 0 Å². The predicted molar refractivity (Wildman–Crippen MR) is 94.7 cm³/mol. The van der Waals surface area contributed by atoms with Crippen molar-refractivity contribution in [3.8, 4) is 0 Å². The molecule has 0 saturated carbocycles. The minimum Gasteiger partial charge on any atom is -0.464 e. The Morgan fingerprint density at radius 2 is 1.96 bits per heavy atom. The molecule has 0 saturated heterocycles. The molecule has 0 spiro atoms. The van der Waals surface area contributed by atoms with Gasteiger partial charge < -0.3 is 14.5 Å². The lowest BCUT2D eigenvalue weighted by Gasteiger charge is -2.12. The second kappa shape index (κ2) is 7.59. The zero-order chi connectivity index (χ0) is 18.7. The fourth-order valence-corrected chi connectivity index (χ4v) is 3.15. The van der Waals surface area contributed by atoms with Gasteiger partial charge in [0.15, 0.2) is 6.10 Å². The number of hydrogen-bond acceptors (Lipinski definition) is 5. The van der Waals surface area contributed by atoms with Crippen LogP contribution in [-0.4, -0.2) is 30.6 Å². The maximum atomic E-state index is 12.2. The van der Waals surface area contributed by atoms with Crippen molar-refractivity contribution < 1.29 is 23.5 Å². The first-order valence-electron chi connectivity index (χ1n) is 8.78. The number of aryl methyl sites for hydroxylation is 2. The van der Waals surface area contributed by atoms with Gasteiger partial charge in [-0.25, -0.2) is 4.79 Å². The van der Waals surface area contributed by atoms with Crippen molar-refractivity contribution in [2.45, 2.75) is 45.6 Å². The highest BCUT2D eigenvalue weighted by atomic mass is 16.5. The lowest BCUT2D eigenvalue weighted by Crippen LogP contribution is -2.44. The molecule has 3 rings (SSSR count). The highest BCUT2D eigenvalue weighted by Crippen LogP contribution is 2.30. The topological polar surface area (TPSA) is 97.6 Å². The first-order valence-corrected chi connectivity index (χ1v) is 8.78. The Kier molecular flexibility index (Phi) is 5.25. The van der Waals surface area contributed by atoms with E-state index in [4.69, 9.17) is 9.15 Å². The minimum absolute atomic E-state index is 0.00453. The van der Waals surface area contributed by atoms with E-state index in [0.29, 0.717) is 6.54 Å². The summed E-state index contributed by atoms with van der Waals surface area (Å²) in [6, 6.07) is 3.50. The van der Waals surface area contributed by atoms with E-state index in [-0.39, 0.29) is 6.42 Å². The van der Waals surface area contributed by atoms with E-state index in [2.05, 4.69) is 16.7 Å². The van der Waals surface area contributed by atoms with Gasteiger partial charge in [0.25, 0.3) is 5.91 Å². The van der Waals surface area contributed by atoms with Crippen molar-refractivity contribution in [2.75, 3.05) is 6.54 Å². The molecule has 3 amide bonds. The molecule has 0 radical (unpaired) electrons. The second-order valence-electron chi connectivity index (χ2n) is 6.39. The standard InChI is InChI=1S/C19H22N2O5/c1-3-20-19(24)21-18(23)11(2)26-17(22)9-14-10-25-16-8-13-6-4-5-12(13)7-15(14)16/h7-8,10-11H,3-6,9H2,1-2H3,(H2,20,21,23,24)/t11-/m1/s1. The van der Waals surface area contributed by atoms with E-state index in [0.717, 1.165) is 35.8 Å². The fraction of sp³-hybridized carbons (Fsp3) is 0.421. The van der Waals surface area contributed by atoms with Crippen LogP contribution in [0, 0.1) is 0 Å². The average molecular weight is 358 g/mol. The van der Waals surface area contributed by atoms with Crippen molar-refractivity contribution in [3.05, 3.63) is 35.1 Å². The van der Waals surface area contributed by atoms with Crippen molar-refractivity contribution in [2.24, 2.45) is 0 Å². The van der Waals surface area contributed by atoms with Gasteiger partial charge in [0.2, 0.25) is 0 Å². The molecule has 0 fully saturated rings. The number of urea groups is 1. The normalized spacial score (nSPS) is 13.9. The SMILES string of the molecule is CCNC(=O)NC(=O)[C@@H](C)OC(=O)Cc1coc2cc3c(cc12)CCC3. The number of imide groups is 1. The molecule has 1 aliphatic rings. The van der Waals surface area contributed by atoms with Crippen molar-refractivity contribution >= 4 is 28.9 Å². The van der Waals surface area contributed by atoms with E-state index in [1.165, 1.54) is 18.1 Å². The van der Waals surface area contributed by atoms with Gasteiger partial charge in [-0.15, -0.1) is 0 Å². The Morgan fingerprint density at radius 1 is 1.23 bits per heavy atom. The Labute approximate surface area is 151 Å². The molecule has 2 aromatic rings. The Morgan fingerprint density at radius 3 is 2.69 bits per heavy atom. The van der Waals surface area contributed by atoms with Gasteiger partial charge in [0.05, 0.1) is 12.7 Å². The van der Waals surface area contributed by atoms with E-state index in [1.54, 1.807) is 13.2 Å². The van der Waals surface area contributed by atoms with Gasteiger partial charge in [0, 0.05) is 17.5 Å². The van der Waals surface area contributed by atoms with Crippen LogP contribution in [-0.2, 0) is 33.6 Å². The Balaban J connectivity index is 1.62. The van der Waals surface area contributed by atoms with Crippen LogP contribution in [0.5, 0.6) is 0 Å². The van der Waals surface area contributed by atoms with Gasteiger partial charge in [-0.1, -0.05) is 0 Å². The largest absolute Gasteiger partial charge is 0.464 e. The molecule has 7 nitrogen and oxygen atoms in total. The summed E-state index contributed by atoms with van der Waals surface area (Å²) >= 11 is 0. The summed E-state index contributed by atoms with van der Waals surface area (Å²) in [6.45, 7) is 3.55. The molecule has 1 heterocycles. The Hall–Kier alpha value is -2.83. The number of carbonyl (C=O) groups excluding carboxylic acids is 3. The zero-order valence-electron chi connectivity index (χ0n) is 14.9. The Bertz CT molecular complexity index is 855. The highest BCUT2D eigenvalue weighted by Gasteiger charge is 2.22. The number of ether oxygens (including phenoxy) is 1. The van der Waals surface area contributed by atoms with Crippen LogP contribution in [0.3, 0.4) is 0 Å². The number of hydrogen-bond donors (Lipinski definition) is 2. The van der Waals surface area contributed by atoms with Crippen molar-refractivity contribution in [1.29, 1.82) is 0 Å². The summed E-state index contributed by atoms with van der Waals surface area (Å²) in [5, 5.41) is 5.46. The lowest BCUT2D eigenvalue weighted by atomic mass is 10.0. The van der Waals surface area contributed by atoms with Crippen LogP contribution in [0.4, 0.5) is 4.79 Å². The summed E-state index contributed by atoms with van der Waals surface area (Å²) in [7, 11) is 0. The summed E-state index contributed by atoms with van der Waals surface area (Å²) < 4.78 is 10.7. The third-order valence-electron chi connectivity index (χ3n) is 4.45. The van der Waals surface area contributed by atoms with Crippen LogP contribution in [0.25, 0.3) is 11.0 Å². The van der Waals surface area contributed by atoms with E-state index < -0.39 is 24.0 Å². The number of benzene rings is 1. The number of esters is 1. The molecule has 2 N–H and O–H groups in total. The second-order valence-corrected chi connectivity index (χ2v) is 6.39. The molecular formula is C19H22N2O5. The number of rotatable bonds is 5. The van der Waals surface area contributed by atoms with Gasteiger partial charge in [0.1, 0.15) is 5.58 Å². The predicted octanol–water partition coefficient (Wildman–Crippen LogP) is 2.24. The maximum absolute atomic E-state index is 12.2. The minimum atomic E-state index is -1.06. The first kappa shape index (κ1) is 18.0. The van der Waals surface area contributed by atoms with E-state index in [9.17, 15) is 14.4 Å². The number of fused-ring (bicyclic) bond motifs is 2. The van der Waals surface area contributed by atoms with Crippen LogP contribution >= 0.6 is 0 Å². The van der Waals surface area contributed by atoms with Gasteiger partial charge in [-0.3, -0.25) is 14.9 Å². The summed E-state index contributed by atoms with van der Waals surface area (Å²) in [6.07, 6.45) is 3.73. The quantitative estimate of drug-likeness (QED) is 0.799. The lowest BCUT2D eigenvalue weighted by molar-refractivity contribution is -0.153. The first-order chi connectivity index (χ1) is 12.5. The third kappa shape index (κ3) is 3.87. The van der Waals surface area contributed by atoms with E-state index in [1.807, 2.05) is 6.07 Å². The molecule has 1 aromatic carbocycles. The van der Waals surface area contributed by atoms with Gasteiger partial charge in [-0.2, -0.15) is 0 Å². The molecule has 26 heavy (non-hydrogen) atoms. The number of amides is 3. The molecule has 1 atom stereocenters. The van der Waals surface area contributed by atoms with Gasteiger partial charge >= 0.3 is 12.0 Å². The summed E-state index contributed by atoms with van der Waals surface area (Å²) in [5.74, 6) is -1.22. The third-order valence-corrected chi connectivity index (χ3v) is 4.45. The maximum Gasteiger partial charge on any atom is 0.321 e. The highest BCUT2D eigenvalue weighted by molar-refractivity contribution is 5.97. The molecule has 0 aliphatic heterocycles. The van der Waals surface area contributed by atoms with Crippen molar-refractivity contribution in [3.63, 3.8) is 0 Å².